The molecule has 0 aromatic carbocycles. The van der Waals surface area contributed by atoms with Gasteiger partial charge in [0, 0.05) is 31.1 Å². The van der Waals surface area contributed by atoms with Gasteiger partial charge in [-0.2, -0.15) is 0 Å². The molecule has 0 saturated carbocycles. The first-order valence-corrected chi connectivity index (χ1v) is 6.78. The van der Waals surface area contributed by atoms with Gasteiger partial charge in [-0.15, -0.1) is 0 Å². The van der Waals surface area contributed by atoms with Crippen LogP contribution in [0.4, 0.5) is 5.82 Å². The monoisotopic (exact) mass is 250 g/mol. The number of hydrogen-bond donors (Lipinski definition) is 0. The van der Waals surface area contributed by atoms with Gasteiger partial charge in [-0.25, -0.2) is 4.98 Å². The minimum absolute atomic E-state index is 0.497. The molecule has 0 saturated heterocycles. The van der Waals surface area contributed by atoms with Crippen LogP contribution in [0.5, 0.6) is 0 Å². The van der Waals surface area contributed by atoms with Crippen molar-refractivity contribution in [1.29, 1.82) is 0 Å². The molecule has 0 unspecified atom stereocenters. The van der Waals surface area contributed by atoms with Crippen LogP contribution < -0.4 is 4.90 Å². The van der Waals surface area contributed by atoms with Crippen LogP contribution in [0.25, 0.3) is 0 Å². The molecular weight excluding hydrogens is 232 g/mol. The first-order valence-electron chi connectivity index (χ1n) is 6.78. The van der Waals surface area contributed by atoms with Gasteiger partial charge in [-0.05, 0) is 12.1 Å². The summed E-state index contributed by atoms with van der Waals surface area (Å²) in [6, 6.07) is 6.10. The zero-order valence-corrected chi connectivity index (χ0v) is 10.9. The van der Waals surface area contributed by atoms with Crippen molar-refractivity contribution in [2.75, 3.05) is 18.0 Å². The van der Waals surface area contributed by atoms with Gasteiger partial charge in [0.25, 0.3) is 0 Å². The fourth-order valence-electron chi connectivity index (χ4n) is 2.51. The van der Waals surface area contributed by atoms with E-state index in [1.54, 1.807) is 0 Å². The van der Waals surface area contributed by atoms with Gasteiger partial charge in [0.15, 0.2) is 0 Å². The van der Waals surface area contributed by atoms with Crippen LogP contribution in [0.15, 0.2) is 73.0 Å². The number of hydrogen-bond acceptors (Lipinski definition) is 2. The molecule has 19 heavy (non-hydrogen) atoms. The average Bonchev–Trinajstić information content (AvgIpc) is 3.12. The molecule has 0 fully saturated rings. The molecule has 0 atom stereocenters. The maximum Gasteiger partial charge on any atom is 0.128 e. The lowest BCUT2D eigenvalue weighted by molar-refractivity contribution is 0.662. The van der Waals surface area contributed by atoms with Gasteiger partial charge >= 0.3 is 0 Å². The number of pyridine rings is 1. The van der Waals surface area contributed by atoms with E-state index in [1.165, 1.54) is 0 Å². The van der Waals surface area contributed by atoms with Crippen molar-refractivity contribution < 1.29 is 0 Å². The summed E-state index contributed by atoms with van der Waals surface area (Å²) in [6.45, 7) is 1.98. The standard InChI is InChI=1S/C17H18N2/c1-2-8-15(7-1)13-19(14-16-9-3-4-10-16)17-11-5-6-12-18-17/h1-12,15-16H,13-14H2. The van der Waals surface area contributed by atoms with Crippen LogP contribution >= 0.6 is 0 Å². The number of aromatic nitrogens is 1. The van der Waals surface area contributed by atoms with Crippen LogP contribution in [-0.4, -0.2) is 18.1 Å². The van der Waals surface area contributed by atoms with Crippen molar-refractivity contribution in [3.63, 3.8) is 0 Å². The van der Waals surface area contributed by atoms with Crippen molar-refractivity contribution in [2.24, 2.45) is 11.8 Å². The van der Waals surface area contributed by atoms with Crippen molar-refractivity contribution in [2.45, 2.75) is 0 Å². The van der Waals surface area contributed by atoms with Crippen LogP contribution in [-0.2, 0) is 0 Å². The maximum absolute atomic E-state index is 4.49. The summed E-state index contributed by atoms with van der Waals surface area (Å²) < 4.78 is 0. The van der Waals surface area contributed by atoms with Gasteiger partial charge in [-0.3, -0.25) is 0 Å². The van der Waals surface area contributed by atoms with Crippen LogP contribution in [0.1, 0.15) is 0 Å². The quantitative estimate of drug-likeness (QED) is 0.796. The molecule has 0 radical (unpaired) electrons. The summed E-state index contributed by atoms with van der Waals surface area (Å²) >= 11 is 0. The molecule has 1 heterocycles. The Labute approximate surface area is 114 Å². The molecule has 3 rings (SSSR count). The second-order valence-corrected chi connectivity index (χ2v) is 4.96. The average molecular weight is 250 g/mol. The van der Waals surface area contributed by atoms with Crippen molar-refractivity contribution in [3.8, 4) is 0 Å². The first kappa shape index (κ1) is 12.0. The fourth-order valence-corrected chi connectivity index (χ4v) is 2.51. The first-order chi connectivity index (χ1) is 9.42. The van der Waals surface area contributed by atoms with E-state index >= 15 is 0 Å². The molecule has 0 bridgehead atoms. The molecule has 0 aliphatic heterocycles. The molecule has 2 aliphatic carbocycles. The minimum atomic E-state index is 0.497. The van der Waals surface area contributed by atoms with E-state index in [1.807, 2.05) is 12.3 Å². The lowest BCUT2D eigenvalue weighted by Gasteiger charge is -2.27. The Morgan fingerprint density at radius 1 is 0.842 bits per heavy atom. The van der Waals surface area contributed by atoms with E-state index < -0.39 is 0 Å². The molecular formula is C17H18N2. The van der Waals surface area contributed by atoms with E-state index in [2.05, 4.69) is 70.6 Å². The number of nitrogens with zero attached hydrogens (tertiary/aromatic N) is 2. The SMILES string of the molecule is C1=CC(CN(CC2C=CC=C2)c2ccccn2)C=C1. The Bertz CT molecular complexity index is 471. The Morgan fingerprint density at radius 3 is 1.89 bits per heavy atom. The van der Waals surface area contributed by atoms with Gasteiger partial charge < -0.3 is 4.90 Å². The van der Waals surface area contributed by atoms with Crippen LogP contribution in [0, 0.1) is 11.8 Å². The Hall–Kier alpha value is -2.09. The molecule has 1 aromatic heterocycles. The maximum atomic E-state index is 4.49. The molecule has 1 aromatic rings. The zero-order chi connectivity index (χ0) is 12.9. The van der Waals surface area contributed by atoms with E-state index in [9.17, 15) is 0 Å². The molecule has 0 spiro atoms. The summed E-state index contributed by atoms with van der Waals surface area (Å²) in [6.07, 6.45) is 19.3. The smallest absolute Gasteiger partial charge is 0.128 e. The molecule has 2 nitrogen and oxygen atoms in total. The Kier molecular flexibility index (Phi) is 3.59. The summed E-state index contributed by atoms with van der Waals surface area (Å²) in [5, 5.41) is 0. The molecule has 2 aliphatic rings. The van der Waals surface area contributed by atoms with E-state index in [0.717, 1.165) is 18.9 Å². The molecule has 0 amide bonds. The van der Waals surface area contributed by atoms with Gasteiger partial charge in [-0.1, -0.05) is 54.7 Å². The normalized spacial score (nSPS) is 17.7. The highest BCUT2D eigenvalue weighted by Crippen LogP contribution is 2.20. The molecule has 0 N–H and O–H groups in total. The predicted molar refractivity (Wildman–Crippen MR) is 80.0 cm³/mol. The van der Waals surface area contributed by atoms with Gasteiger partial charge in [0.1, 0.15) is 5.82 Å². The van der Waals surface area contributed by atoms with Crippen molar-refractivity contribution in [3.05, 3.63) is 73.0 Å². The second-order valence-electron chi connectivity index (χ2n) is 4.96. The van der Waals surface area contributed by atoms with Crippen molar-refractivity contribution in [1.82, 2.24) is 4.98 Å². The Balaban J connectivity index is 1.74. The Morgan fingerprint density at radius 2 is 1.42 bits per heavy atom. The minimum Gasteiger partial charge on any atom is -0.355 e. The van der Waals surface area contributed by atoms with Crippen molar-refractivity contribution >= 4 is 5.82 Å². The highest BCUT2D eigenvalue weighted by atomic mass is 15.2. The highest BCUT2D eigenvalue weighted by Gasteiger charge is 2.16. The summed E-state index contributed by atoms with van der Waals surface area (Å²) in [4.78, 5) is 6.86. The fraction of sp³-hybridized carbons (Fsp3) is 0.235. The van der Waals surface area contributed by atoms with Gasteiger partial charge in [0.05, 0.1) is 0 Å². The van der Waals surface area contributed by atoms with Crippen LogP contribution in [0.2, 0.25) is 0 Å². The lowest BCUT2D eigenvalue weighted by Crippen LogP contribution is -2.32. The number of anilines is 1. The molecule has 2 heteroatoms. The number of rotatable bonds is 5. The third-order valence-electron chi connectivity index (χ3n) is 3.49. The summed E-state index contributed by atoms with van der Waals surface area (Å²) in [5.41, 5.74) is 0. The van der Waals surface area contributed by atoms with E-state index in [0.29, 0.717) is 11.8 Å². The van der Waals surface area contributed by atoms with Gasteiger partial charge in [0.2, 0.25) is 0 Å². The second kappa shape index (κ2) is 5.70. The highest BCUT2D eigenvalue weighted by molar-refractivity contribution is 5.40. The summed E-state index contributed by atoms with van der Waals surface area (Å²) in [7, 11) is 0. The number of allylic oxidation sites excluding steroid dienone is 4. The largest absolute Gasteiger partial charge is 0.355 e. The molecule has 96 valence electrons. The van der Waals surface area contributed by atoms with E-state index in [4.69, 9.17) is 0 Å². The van der Waals surface area contributed by atoms with E-state index in [-0.39, 0.29) is 0 Å². The predicted octanol–water partition coefficient (Wildman–Crippen LogP) is 3.37. The third kappa shape index (κ3) is 3.02. The zero-order valence-electron chi connectivity index (χ0n) is 10.9. The lowest BCUT2D eigenvalue weighted by atomic mass is 10.1. The topological polar surface area (TPSA) is 16.1 Å². The van der Waals surface area contributed by atoms with Crippen LogP contribution in [0.3, 0.4) is 0 Å². The third-order valence-corrected chi connectivity index (χ3v) is 3.49. The summed E-state index contributed by atoms with van der Waals surface area (Å²) in [5.74, 6) is 2.05.